The van der Waals surface area contributed by atoms with Crippen molar-refractivity contribution in [1.82, 2.24) is 10.6 Å². The highest BCUT2D eigenvalue weighted by Gasteiger charge is 2.21. The molecular formula is C24H35IN4O3. The van der Waals surface area contributed by atoms with Gasteiger partial charge in [0, 0.05) is 56.1 Å². The van der Waals surface area contributed by atoms with E-state index in [1.165, 1.54) is 5.69 Å². The van der Waals surface area contributed by atoms with E-state index < -0.39 is 0 Å². The molecule has 3 rings (SSSR count). The minimum atomic E-state index is 0. The first-order chi connectivity index (χ1) is 15.2. The summed E-state index contributed by atoms with van der Waals surface area (Å²) in [5.41, 5.74) is 2.28. The van der Waals surface area contributed by atoms with E-state index in [4.69, 9.17) is 14.2 Å². The van der Waals surface area contributed by atoms with Crippen molar-refractivity contribution in [3.63, 3.8) is 0 Å². The Morgan fingerprint density at radius 1 is 1.06 bits per heavy atom. The van der Waals surface area contributed by atoms with Crippen LogP contribution in [0.25, 0.3) is 0 Å². The van der Waals surface area contributed by atoms with E-state index in [0.717, 1.165) is 55.4 Å². The highest BCUT2D eigenvalue weighted by molar-refractivity contribution is 14.0. The predicted molar refractivity (Wildman–Crippen MR) is 141 cm³/mol. The van der Waals surface area contributed by atoms with Gasteiger partial charge >= 0.3 is 0 Å². The Bertz CT molecular complexity index is 839. The number of anilines is 1. The zero-order valence-electron chi connectivity index (χ0n) is 19.4. The minimum Gasteiger partial charge on any atom is -0.496 e. The molecule has 7 nitrogen and oxygen atoms in total. The number of benzene rings is 2. The van der Waals surface area contributed by atoms with Crippen molar-refractivity contribution >= 4 is 35.6 Å². The SMILES string of the molecule is CN=C(NCCc1c(OC)cc(OC)cc1OC)NC1CCCN(c2ccccc2)C1.I. The average Bonchev–Trinajstić information content (AvgIpc) is 2.83. The molecule has 2 N–H and O–H groups in total. The molecule has 1 saturated heterocycles. The summed E-state index contributed by atoms with van der Waals surface area (Å²) < 4.78 is 16.4. The second-order valence-corrected chi connectivity index (χ2v) is 7.52. The predicted octanol–water partition coefficient (Wildman–Crippen LogP) is 3.71. The Labute approximate surface area is 208 Å². The van der Waals surface area contributed by atoms with E-state index in [1.54, 1.807) is 21.3 Å². The normalized spacial score (nSPS) is 16.1. The van der Waals surface area contributed by atoms with Crippen LogP contribution in [-0.2, 0) is 6.42 Å². The van der Waals surface area contributed by atoms with Gasteiger partial charge in [-0.3, -0.25) is 4.99 Å². The number of halogens is 1. The van der Waals surface area contributed by atoms with E-state index in [9.17, 15) is 0 Å². The molecule has 1 unspecified atom stereocenters. The van der Waals surface area contributed by atoms with Gasteiger partial charge in [-0.25, -0.2) is 0 Å². The largest absolute Gasteiger partial charge is 0.496 e. The highest BCUT2D eigenvalue weighted by atomic mass is 127. The third-order valence-corrected chi connectivity index (χ3v) is 5.59. The molecule has 176 valence electrons. The van der Waals surface area contributed by atoms with Gasteiger partial charge in [-0.2, -0.15) is 0 Å². The van der Waals surface area contributed by atoms with Crippen LogP contribution in [0.2, 0.25) is 0 Å². The molecule has 0 aromatic heterocycles. The molecule has 2 aromatic rings. The fraction of sp³-hybridized carbons (Fsp3) is 0.458. The van der Waals surface area contributed by atoms with Crippen molar-refractivity contribution in [2.75, 3.05) is 52.9 Å². The molecule has 0 saturated carbocycles. The molecule has 2 aromatic carbocycles. The first kappa shape index (κ1) is 25.9. The highest BCUT2D eigenvalue weighted by Crippen LogP contribution is 2.34. The lowest BCUT2D eigenvalue weighted by Crippen LogP contribution is -2.51. The van der Waals surface area contributed by atoms with Crippen LogP contribution in [-0.4, -0.2) is 60.0 Å². The number of guanidine groups is 1. The second-order valence-electron chi connectivity index (χ2n) is 7.52. The Kier molecular flexibility index (Phi) is 10.7. The molecule has 32 heavy (non-hydrogen) atoms. The van der Waals surface area contributed by atoms with Gasteiger partial charge in [0.25, 0.3) is 0 Å². The minimum absolute atomic E-state index is 0. The topological polar surface area (TPSA) is 67.4 Å². The van der Waals surface area contributed by atoms with Crippen LogP contribution in [0.1, 0.15) is 18.4 Å². The van der Waals surface area contributed by atoms with Gasteiger partial charge in [-0.15, -0.1) is 24.0 Å². The van der Waals surface area contributed by atoms with Crippen molar-refractivity contribution in [3.8, 4) is 17.2 Å². The Morgan fingerprint density at radius 2 is 1.75 bits per heavy atom. The molecule has 1 fully saturated rings. The molecule has 0 radical (unpaired) electrons. The molecule has 1 aliphatic rings. The molecule has 1 aliphatic heterocycles. The summed E-state index contributed by atoms with van der Waals surface area (Å²) in [6.45, 7) is 2.75. The smallest absolute Gasteiger partial charge is 0.191 e. The first-order valence-electron chi connectivity index (χ1n) is 10.7. The summed E-state index contributed by atoms with van der Waals surface area (Å²) in [5.74, 6) is 3.04. The maximum Gasteiger partial charge on any atom is 0.191 e. The van der Waals surface area contributed by atoms with Crippen LogP contribution in [0, 0.1) is 0 Å². The summed E-state index contributed by atoms with van der Waals surface area (Å²) in [5, 5.41) is 7.01. The lowest BCUT2D eigenvalue weighted by molar-refractivity contribution is 0.368. The number of piperidine rings is 1. The molecule has 1 heterocycles. The second kappa shape index (κ2) is 13.2. The Morgan fingerprint density at radius 3 is 2.34 bits per heavy atom. The van der Waals surface area contributed by atoms with Crippen molar-refractivity contribution in [2.45, 2.75) is 25.3 Å². The van der Waals surface area contributed by atoms with E-state index in [2.05, 4.69) is 50.9 Å². The lowest BCUT2D eigenvalue weighted by atomic mass is 10.0. The van der Waals surface area contributed by atoms with E-state index in [-0.39, 0.29) is 24.0 Å². The molecule has 8 heteroatoms. The number of nitrogens with one attached hydrogen (secondary N) is 2. The van der Waals surface area contributed by atoms with Crippen LogP contribution in [0.5, 0.6) is 17.2 Å². The fourth-order valence-corrected chi connectivity index (χ4v) is 3.99. The molecule has 0 bridgehead atoms. The summed E-state index contributed by atoms with van der Waals surface area (Å²) in [4.78, 5) is 6.85. The number of hydrogen-bond acceptors (Lipinski definition) is 5. The standard InChI is InChI=1S/C24H34N4O3.HI/c1-25-24(27-18-9-8-14-28(17-18)19-10-6-5-7-11-19)26-13-12-21-22(30-3)15-20(29-2)16-23(21)31-4;/h5-7,10-11,15-16,18H,8-9,12-14,17H2,1-4H3,(H2,25,26,27);1H. The maximum absolute atomic E-state index is 5.55. The number of nitrogens with zero attached hydrogens (tertiary/aromatic N) is 2. The average molecular weight is 554 g/mol. The number of hydrogen-bond donors (Lipinski definition) is 2. The van der Waals surface area contributed by atoms with Crippen molar-refractivity contribution in [2.24, 2.45) is 4.99 Å². The van der Waals surface area contributed by atoms with Gasteiger partial charge in [0.15, 0.2) is 5.96 Å². The zero-order chi connectivity index (χ0) is 22.1. The monoisotopic (exact) mass is 554 g/mol. The van der Waals surface area contributed by atoms with Crippen molar-refractivity contribution in [3.05, 3.63) is 48.0 Å². The zero-order valence-corrected chi connectivity index (χ0v) is 21.7. The number of rotatable bonds is 8. The van der Waals surface area contributed by atoms with Crippen LogP contribution in [0.3, 0.4) is 0 Å². The Balaban J connectivity index is 0.00000363. The van der Waals surface area contributed by atoms with Gasteiger partial charge < -0.3 is 29.7 Å². The Hall–Kier alpha value is -2.36. The number of aliphatic imine (C=N–C) groups is 1. The third kappa shape index (κ3) is 6.82. The van der Waals surface area contributed by atoms with Gasteiger partial charge in [0.05, 0.1) is 21.3 Å². The number of para-hydroxylation sites is 1. The molecule has 0 spiro atoms. The number of methoxy groups -OCH3 is 3. The van der Waals surface area contributed by atoms with E-state index in [0.29, 0.717) is 18.3 Å². The summed E-state index contributed by atoms with van der Waals surface area (Å²) in [6.07, 6.45) is 3.02. The van der Waals surface area contributed by atoms with Crippen molar-refractivity contribution in [1.29, 1.82) is 0 Å². The summed E-state index contributed by atoms with van der Waals surface area (Å²) >= 11 is 0. The lowest BCUT2D eigenvalue weighted by Gasteiger charge is -2.35. The first-order valence-corrected chi connectivity index (χ1v) is 10.7. The van der Waals surface area contributed by atoms with Crippen molar-refractivity contribution < 1.29 is 14.2 Å². The van der Waals surface area contributed by atoms with Gasteiger partial charge in [0.2, 0.25) is 0 Å². The molecule has 1 atom stereocenters. The van der Waals surface area contributed by atoms with E-state index >= 15 is 0 Å². The quantitative estimate of drug-likeness (QED) is 0.295. The van der Waals surface area contributed by atoms with Gasteiger partial charge in [-0.05, 0) is 31.4 Å². The third-order valence-electron chi connectivity index (χ3n) is 5.59. The molecule has 0 amide bonds. The maximum atomic E-state index is 5.55. The van der Waals surface area contributed by atoms with E-state index in [1.807, 2.05) is 19.2 Å². The summed E-state index contributed by atoms with van der Waals surface area (Å²) in [6, 6.07) is 14.7. The molecular weight excluding hydrogens is 519 g/mol. The van der Waals surface area contributed by atoms with Crippen LogP contribution < -0.4 is 29.7 Å². The van der Waals surface area contributed by atoms with Crippen LogP contribution in [0.4, 0.5) is 5.69 Å². The van der Waals surface area contributed by atoms with Gasteiger partial charge in [-0.1, -0.05) is 18.2 Å². The molecule has 0 aliphatic carbocycles. The van der Waals surface area contributed by atoms with Crippen LogP contribution >= 0.6 is 24.0 Å². The number of ether oxygens (including phenoxy) is 3. The summed E-state index contributed by atoms with van der Waals surface area (Å²) in [7, 11) is 6.76. The van der Waals surface area contributed by atoms with Crippen LogP contribution in [0.15, 0.2) is 47.5 Å². The fourth-order valence-electron chi connectivity index (χ4n) is 3.99. The van der Waals surface area contributed by atoms with Gasteiger partial charge in [0.1, 0.15) is 17.2 Å².